The van der Waals surface area contributed by atoms with Crippen LogP contribution in [0.25, 0.3) is 0 Å². The summed E-state index contributed by atoms with van der Waals surface area (Å²) in [6.45, 7) is 6.71. The number of benzene rings is 1. The third-order valence-electron chi connectivity index (χ3n) is 3.13. The van der Waals surface area contributed by atoms with Crippen molar-refractivity contribution in [2.75, 3.05) is 18.5 Å². The topological polar surface area (TPSA) is 23.5 Å². The molecular weight excluding hydrogens is 217 g/mol. The Hall–Kier alpha value is -1.09. The number of rotatable bonds is 5. The van der Waals surface area contributed by atoms with Gasteiger partial charge in [-0.25, -0.2) is 4.39 Å². The largest absolute Gasteiger partial charge is 0.389 e. The minimum atomic E-state index is -0.653. The number of halogens is 1. The minimum absolute atomic E-state index is 0.269. The fraction of sp³-hybridized carbons (Fsp3) is 0.571. The van der Waals surface area contributed by atoms with E-state index in [4.69, 9.17) is 0 Å². The highest BCUT2D eigenvalue weighted by molar-refractivity contribution is 5.55. The first kappa shape index (κ1) is 14.0. The van der Waals surface area contributed by atoms with Gasteiger partial charge < -0.3 is 10.0 Å². The van der Waals surface area contributed by atoms with Crippen molar-refractivity contribution >= 4 is 5.69 Å². The van der Waals surface area contributed by atoms with Gasteiger partial charge in [0.2, 0.25) is 0 Å². The van der Waals surface area contributed by atoms with E-state index in [1.54, 1.807) is 19.1 Å². The van der Waals surface area contributed by atoms with Crippen molar-refractivity contribution in [3.05, 3.63) is 29.6 Å². The van der Waals surface area contributed by atoms with E-state index in [0.717, 1.165) is 13.0 Å². The maximum absolute atomic E-state index is 13.9. The van der Waals surface area contributed by atoms with Crippen LogP contribution < -0.4 is 4.90 Å². The molecule has 0 spiro atoms. The van der Waals surface area contributed by atoms with E-state index >= 15 is 0 Å². The second-order valence-corrected chi connectivity index (χ2v) is 4.75. The Labute approximate surface area is 103 Å². The van der Waals surface area contributed by atoms with Crippen molar-refractivity contribution in [1.29, 1.82) is 0 Å². The third kappa shape index (κ3) is 3.43. The van der Waals surface area contributed by atoms with Gasteiger partial charge in [-0.3, -0.25) is 0 Å². The molecular formula is C14H22FNO. The maximum Gasteiger partial charge on any atom is 0.146 e. The molecule has 0 saturated carbocycles. The molecule has 0 fully saturated rings. The standard InChI is InChI=1S/C14H22FNO/c1-5-10(2)9-16(4)14-12(11(3)17)7-6-8-13(14)15/h6-8,10-11,17H,5,9H2,1-4H3/t10?,11-/m0/s1. The molecule has 0 aliphatic carbocycles. The van der Waals surface area contributed by atoms with Crippen LogP contribution in [0.15, 0.2) is 18.2 Å². The number of nitrogens with zero attached hydrogens (tertiary/aromatic N) is 1. The number of aliphatic hydroxyl groups is 1. The summed E-state index contributed by atoms with van der Waals surface area (Å²) in [6, 6.07) is 4.85. The van der Waals surface area contributed by atoms with Crippen LogP contribution in [0.5, 0.6) is 0 Å². The summed E-state index contributed by atoms with van der Waals surface area (Å²) in [7, 11) is 1.87. The molecule has 0 amide bonds. The molecule has 0 radical (unpaired) electrons. The van der Waals surface area contributed by atoms with Gasteiger partial charge in [0.05, 0.1) is 11.8 Å². The fourth-order valence-corrected chi connectivity index (χ4v) is 1.96. The number of anilines is 1. The van der Waals surface area contributed by atoms with Gasteiger partial charge in [-0.15, -0.1) is 0 Å². The fourth-order valence-electron chi connectivity index (χ4n) is 1.96. The normalized spacial score (nSPS) is 14.5. The van der Waals surface area contributed by atoms with Gasteiger partial charge in [0, 0.05) is 19.2 Å². The molecule has 96 valence electrons. The summed E-state index contributed by atoms with van der Waals surface area (Å²) in [5, 5.41) is 9.68. The Morgan fingerprint density at radius 2 is 2.00 bits per heavy atom. The van der Waals surface area contributed by atoms with Gasteiger partial charge in [0.15, 0.2) is 0 Å². The molecule has 3 heteroatoms. The Morgan fingerprint density at radius 3 is 2.53 bits per heavy atom. The van der Waals surface area contributed by atoms with Crippen LogP contribution in [-0.4, -0.2) is 18.7 Å². The van der Waals surface area contributed by atoms with Gasteiger partial charge >= 0.3 is 0 Å². The van der Waals surface area contributed by atoms with Crippen LogP contribution in [0.2, 0.25) is 0 Å². The number of para-hydroxylation sites is 1. The molecule has 2 atom stereocenters. The van der Waals surface area contributed by atoms with Crippen molar-refractivity contribution in [3.8, 4) is 0 Å². The zero-order chi connectivity index (χ0) is 13.0. The Kier molecular flexibility index (Phi) is 4.94. The molecule has 0 bridgehead atoms. The summed E-state index contributed by atoms with van der Waals surface area (Å²) in [4.78, 5) is 1.89. The first-order valence-corrected chi connectivity index (χ1v) is 6.15. The SMILES string of the molecule is CCC(C)CN(C)c1c(F)cccc1[C@H](C)O. The van der Waals surface area contributed by atoms with E-state index in [2.05, 4.69) is 13.8 Å². The Balaban J connectivity index is 3.02. The quantitative estimate of drug-likeness (QED) is 0.851. The van der Waals surface area contributed by atoms with E-state index in [9.17, 15) is 9.50 Å². The molecule has 0 aromatic heterocycles. The van der Waals surface area contributed by atoms with E-state index in [1.165, 1.54) is 6.07 Å². The van der Waals surface area contributed by atoms with Crippen LogP contribution in [0.1, 0.15) is 38.9 Å². The van der Waals surface area contributed by atoms with Crippen LogP contribution in [0.4, 0.5) is 10.1 Å². The number of aliphatic hydroxyl groups excluding tert-OH is 1. The van der Waals surface area contributed by atoms with Crippen molar-refractivity contribution in [2.24, 2.45) is 5.92 Å². The van der Waals surface area contributed by atoms with Crippen LogP contribution >= 0.6 is 0 Å². The van der Waals surface area contributed by atoms with E-state index in [-0.39, 0.29) is 5.82 Å². The van der Waals surface area contributed by atoms with Crippen LogP contribution in [-0.2, 0) is 0 Å². The molecule has 1 unspecified atom stereocenters. The predicted octanol–water partition coefficient (Wildman–Crippen LogP) is 3.36. The second kappa shape index (κ2) is 6.01. The number of hydrogen-bond acceptors (Lipinski definition) is 2. The van der Waals surface area contributed by atoms with Crippen molar-refractivity contribution in [3.63, 3.8) is 0 Å². The van der Waals surface area contributed by atoms with E-state index in [0.29, 0.717) is 17.2 Å². The third-order valence-corrected chi connectivity index (χ3v) is 3.13. The van der Waals surface area contributed by atoms with Crippen molar-refractivity contribution < 1.29 is 9.50 Å². The van der Waals surface area contributed by atoms with Crippen LogP contribution in [0.3, 0.4) is 0 Å². The molecule has 0 heterocycles. The smallest absolute Gasteiger partial charge is 0.146 e. The molecule has 1 aromatic rings. The molecule has 17 heavy (non-hydrogen) atoms. The average molecular weight is 239 g/mol. The Morgan fingerprint density at radius 1 is 1.35 bits per heavy atom. The number of hydrogen-bond donors (Lipinski definition) is 1. The first-order chi connectivity index (χ1) is 7.97. The second-order valence-electron chi connectivity index (χ2n) is 4.75. The predicted molar refractivity (Wildman–Crippen MR) is 69.8 cm³/mol. The highest BCUT2D eigenvalue weighted by atomic mass is 19.1. The summed E-state index contributed by atoms with van der Waals surface area (Å²) >= 11 is 0. The van der Waals surface area contributed by atoms with Gasteiger partial charge in [0.25, 0.3) is 0 Å². The molecule has 0 aliphatic rings. The van der Waals surface area contributed by atoms with Crippen LogP contribution in [0, 0.1) is 11.7 Å². The highest BCUT2D eigenvalue weighted by Gasteiger charge is 2.17. The summed E-state index contributed by atoms with van der Waals surface area (Å²) in [5.74, 6) is 0.232. The maximum atomic E-state index is 13.9. The molecule has 0 saturated heterocycles. The zero-order valence-electron chi connectivity index (χ0n) is 11.1. The van der Waals surface area contributed by atoms with E-state index < -0.39 is 6.10 Å². The zero-order valence-corrected chi connectivity index (χ0v) is 11.1. The molecule has 1 N–H and O–H groups in total. The minimum Gasteiger partial charge on any atom is -0.389 e. The van der Waals surface area contributed by atoms with Gasteiger partial charge in [-0.2, -0.15) is 0 Å². The highest BCUT2D eigenvalue weighted by Crippen LogP contribution is 2.29. The summed E-state index contributed by atoms with van der Waals surface area (Å²) in [6.07, 6.45) is 0.406. The lowest BCUT2D eigenvalue weighted by molar-refractivity contribution is 0.199. The molecule has 0 aliphatic heterocycles. The molecule has 1 aromatic carbocycles. The lowest BCUT2D eigenvalue weighted by Crippen LogP contribution is -2.26. The van der Waals surface area contributed by atoms with Gasteiger partial charge in [-0.05, 0) is 18.9 Å². The van der Waals surface area contributed by atoms with Gasteiger partial charge in [-0.1, -0.05) is 32.4 Å². The van der Waals surface area contributed by atoms with Crippen molar-refractivity contribution in [1.82, 2.24) is 0 Å². The summed E-state index contributed by atoms with van der Waals surface area (Å²) < 4.78 is 13.9. The van der Waals surface area contributed by atoms with Crippen molar-refractivity contribution in [2.45, 2.75) is 33.3 Å². The lowest BCUT2D eigenvalue weighted by Gasteiger charge is -2.26. The monoisotopic (exact) mass is 239 g/mol. The first-order valence-electron chi connectivity index (χ1n) is 6.15. The average Bonchev–Trinajstić information content (AvgIpc) is 2.28. The summed E-state index contributed by atoms with van der Waals surface area (Å²) in [5.41, 5.74) is 1.17. The van der Waals surface area contributed by atoms with E-state index in [1.807, 2.05) is 11.9 Å². The van der Waals surface area contributed by atoms with Gasteiger partial charge in [0.1, 0.15) is 5.82 Å². The molecule has 2 nitrogen and oxygen atoms in total. The Bertz CT molecular complexity index is 365. The lowest BCUT2D eigenvalue weighted by atomic mass is 10.0. The molecule has 1 rings (SSSR count).